The Morgan fingerprint density at radius 1 is 0.929 bits per heavy atom. The molecule has 0 spiro atoms. The van der Waals surface area contributed by atoms with Crippen LogP contribution in [0.15, 0.2) is 46.2 Å². The molecule has 7 heteroatoms. The lowest BCUT2D eigenvalue weighted by atomic mass is 10.1. The van der Waals surface area contributed by atoms with E-state index in [9.17, 15) is 13.2 Å². The van der Waals surface area contributed by atoms with Gasteiger partial charge in [0, 0.05) is 36.6 Å². The summed E-state index contributed by atoms with van der Waals surface area (Å²) in [5, 5.41) is 0. The lowest BCUT2D eigenvalue weighted by molar-refractivity contribution is 0.0697. The van der Waals surface area contributed by atoms with Crippen LogP contribution >= 0.6 is 11.8 Å². The minimum Gasteiger partial charge on any atom is -0.336 e. The average molecular weight is 419 g/mol. The van der Waals surface area contributed by atoms with Crippen molar-refractivity contribution in [2.75, 3.05) is 32.4 Å². The van der Waals surface area contributed by atoms with Gasteiger partial charge in [0.05, 0.1) is 4.90 Å². The van der Waals surface area contributed by atoms with Crippen LogP contribution in [0.3, 0.4) is 0 Å². The van der Waals surface area contributed by atoms with Gasteiger partial charge in [0.25, 0.3) is 5.91 Å². The summed E-state index contributed by atoms with van der Waals surface area (Å²) in [5.74, 6) is -0.0487. The molecule has 2 aromatic carbocycles. The minimum atomic E-state index is -3.57. The van der Waals surface area contributed by atoms with E-state index in [0.29, 0.717) is 36.6 Å². The molecule has 0 N–H and O–H groups in total. The molecular weight excluding hydrogens is 392 g/mol. The predicted octanol–water partition coefficient (Wildman–Crippen LogP) is 3.48. The number of sulfonamides is 1. The van der Waals surface area contributed by atoms with Crippen molar-refractivity contribution in [1.82, 2.24) is 9.21 Å². The van der Waals surface area contributed by atoms with Crippen molar-refractivity contribution in [3.8, 4) is 0 Å². The monoisotopic (exact) mass is 418 g/mol. The zero-order valence-electron chi connectivity index (χ0n) is 16.7. The number of aryl methyl sites for hydroxylation is 3. The molecule has 1 aliphatic rings. The molecule has 0 aliphatic carbocycles. The van der Waals surface area contributed by atoms with Crippen molar-refractivity contribution in [2.45, 2.75) is 30.6 Å². The highest BCUT2D eigenvalue weighted by atomic mass is 32.2. The van der Waals surface area contributed by atoms with E-state index < -0.39 is 10.0 Å². The van der Waals surface area contributed by atoms with E-state index in [2.05, 4.69) is 0 Å². The first-order valence-electron chi connectivity index (χ1n) is 9.25. The fourth-order valence-corrected chi connectivity index (χ4v) is 5.99. The number of benzene rings is 2. The molecule has 0 saturated carbocycles. The summed E-state index contributed by atoms with van der Waals surface area (Å²) < 4.78 is 27.9. The molecule has 0 aromatic heterocycles. The maximum Gasteiger partial charge on any atom is 0.253 e. The highest BCUT2D eigenvalue weighted by Crippen LogP contribution is 2.26. The quantitative estimate of drug-likeness (QED) is 0.714. The van der Waals surface area contributed by atoms with Crippen LogP contribution in [0.5, 0.6) is 0 Å². The van der Waals surface area contributed by atoms with Crippen molar-refractivity contribution < 1.29 is 13.2 Å². The molecule has 1 saturated heterocycles. The van der Waals surface area contributed by atoms with E-state index in [-0.39, 0.29) is 5.91 Å². The third kappa shape index (κ3) is 4.11. The summed E-state index contributed by atoms with van der Waals surface area (Å²) in [6.07, 6.45) is 1.99. The Morgan fingerprint density at radius 3 is 1.96 bits per heavy atom. The van der Waals surface area contributed by atoms with Crippen LogP contribution in [0.2, 0.25) is 0 Å². The second-order valence-corrected chi connectivity index (χ2v) is 9.91. The minimum absolute atomic E-state index is 0.0487. The van der Waals surface area contributed by atoms with Crippen molar-refractivity contribution in [3.05, 3.63) is 58.7 Å². The molecule has 1 amide bonds. The van der Waals surface area contributed by atoms with Gasteiger partial charge in [-0.1, -0.05) is 17.7 Å². The summed E-state index contributed by atoms with van der Waals surface area (Å²) in [4.78, 5) is 16.0. The Balaban J connectivity index is 1.73. The molecule has 0 radical (unpaired) electrons. The largest absolute Gasteiger partial charge is 0.336 e. The molecule has 3 rings (SSSR count). The standard InChI is InChI=1S/C21H26N2O3S2/c1-15-13-16(2)20(17(3)14-15)28(25,26)23-11-9-22(10-12-23)21(24)18-5-7-19(27-4)8-6-18/h5-8,13-14H,9-12H2,1-4H3. The summed E-state index contributed by atoms with van der Waals surface area (Å²) in [5.41, 5.74) is 3.23. The maximum atomic E-state index is 13.2. The normalized spacial score (nSPS) is 15.6. The summed E-state index contributed by atoms with van der Waals surface area (Å²) in [7, 11) is -3.57. The van der Waals surface area contributed by atoms with Gasteiger partial charge in [-0.2, -0.15) is 4.31 Å². The number of thioether (sulfide) groups is 1. The highest BCUT2D eigenvalue weighted by molar-refractivity contribution is 7.98. The molecule has 1 aliphatic heterocycles. The molecule has 1 fully saturated rings. The van der Waals surface area contributed by atoms with Crippen molar-refractivity contribution in [3.63, 3.8) is 0 Å². The van der Waals surface area contributed by atoms with Crippen LogP contribution in [0.1, 0.15) is 27.0 Å². The number of rotatable bonds is 4. The maximum absolute atomic E-state index is 13.2. The molecule has 5 nitrogen and oxygen atoms in total. The molecule has 0 unspecified atom stereocenters. The number of nitrogens with zero attached hydrogens (tertiary/aromatic N) is 2. The van der Waals surface area contributed by atoms with Crippen LogP contribution in [0.4, 0.5) is 0 Å². The van der Waals surface area contributed by atoms with E-state index in [1.165, 1.54) is 4.31 Å². The van der Waals surface area contributed by atoms with E-state index in [1.807, 2.05) is 63.4 Å². The Morgan fingerprint density at radius 2 is 1.46 bits per heavy atom. The second kappa shape index (κ2) is 8.27. The van der Waals surface area contributed by atoms with E-state index in [0.717, 1.165) is 21.6 Å². The number of amides is 1. The first-order chi connectivity index (χ1) is 13.2. The smallest absolute Gasteiger partial charge is 0.253 e. The molecule has 150 valence electrons. The van der Waals surface area contributed by atoms with Gasteiger partial charge in [0.2, 0.25) is 10.0 Å². The number of carbonyl (C=O) groups excluding carboxylic acids is 1. The summed E-state index contributed by atoms with van der Waals surface area (Å²) in [6, 6.07) is 11.3. The lowest BCUT2D eigenvalue weighted by Crippen LogP contribution is -2.50. The first kappa shape index (κ1) is 20.9. The second-order valence-electron chi connectivity index (χ2n) is 7.15. The molecule has 28 heavy (non-hydrogen) atoms. The van der Waals surface area contributed by atoms with Crippen molar-refractivity contribution in [2.24, 2.45) is 0 Å². The van der Waals surface area contributed by atoms with Crippen LogP contribution in [0.25, 0.3) is 0 Å². The van der Waals surface area contributed by atoms with Gasteiger partial charge in [0.15, 0.2) is 0 Å². The number of piperazine rings is 1. The number of hydrogen-bond acceptors (Lipinski definition) is 4. The van der Waals surface area contributed by atoms with Gasteiger partial charge in [0.1, 0.15) is 0 Å². The zero-order chi connectivity index (χ0) is 20.5. The van der Waals surface area contributed by atoms with Gasteiger partial charge in [-0.25, -0.2) is 8.42 Å². The Kier molecular flexibility index (Phi) is 6.17. The number of hydrogen-bond donors (Lipinski definition) is 0. The van der Waals surface area contributed by atoms with Gasteiger partial charge < -0.3 is 4.90 Å². The molecule has 0 atom stereocenters. The fraction of sp³-hybridized carbons (Fsp3) is 0.381. The lowest BCUT2D eigenvalue weighted by Gasteiger charge is -2.34. The van der Waals surface area contributed by atoms with Crippen molar-refractivity contribution in [1.29, 1.82) is 0 Å². The first-order valence-corrected chi connectivity index (χ1v) is 11.9. The average Bonchev–Trinajstić information content (AvgIpc) is 2.66. The van der Waals surface area contributed by atoms with Gasteiger partial charge in [-0.3, -0.25) is 4.79 Å². The van der Waals surface area contributed by atoms with Crippen LogP contribution in [0, 0.1) is 20.8 Å². The van der Waals surface area contributed by atoms with Gasteiger partial charge in [-0.05, 0) is 62.4 Å². The highest BCUT2D eigenvalue weighted by Gasteiger charge is 2.32. The van der Waals surface area contributed by atoms with Crippen LogP contribution < -0.4 is 0 Å². The third-order valence-electron chi connectivity index (χ3n) is 5.07. The summed E-state index contributed by atoms with van der Waals surface area (Å²) >= 11 is 1.63. The van der Waals surface area contributed by atoms with Crippen LogP contribution in [-0.2, 0) is 10.0 Å². The topological polar surface area (TPSA) is 57.7 Å². The predicted molar refractivity (Wildman–Crippen MR) is 114 cm³/mol. The third-order valence-corrected chi connectivity index (χ3v) is 8.01. The molecule has 2 aromatic rings. The summed E-state index contributed by atoms with van der Waals surface area (Å²) in [6.45, 7) is 7.05. The molecule has 1 heterocycles. The van der Waals surface area contributed by atoms with Gasteiger partial charge >= 0.3 is 0 Å². The van der Waals surface area contributed by atoms with Crippen molar-refractivity contribution >= 4 is 27.7 Å². The van der Waals surface area contributed by atoms with E-state index >= 15 is 0 Å². The van der Waals surface area contributed by atoms with E-state index in [1.54, 1.807) is 16.7 Å². The zero-order valence-corrected chi connectivity index (χ0v) is 18.4. The fourth-order valence-electron chi connectivity index (χ4n) is 3.75. The van der Waals surface area contributed by atoms with E-state index in [4.69, 9.17) is 0 Å². The Hall–Kier alpha value is -1.83. The Bertz CT molecular complexity index is 954. The van der Waals surface area contributed by atoms with Crippen LogP contribution in [-0.4, -0.2) is 56.0 Å². The molecule has 0 bridgehead atoms. The molecular formula is C21H26N2O3S2. The number of carbonyl (C=O) groups is 1. The Labute approximate surface area is 171 Å². The SMILES string of the molecule is CSc1ccc(C(=O)N2CCN(S(=O)(=O)c3c(C)cc(C)cc3C)CC2)cc1. The van der Waals surface area contributed by atoms with Gasteiger partial charge in [-0.15, -0.1) is 11.8 Å².